The zero-order chi connectivity index (χ0) is 12.6. The van der Waals surface area contributed by atoms with E-state index in [1.807, 2.05) is 0 Å². The van der Waals surface area contributed by atoms with Gasteiger partial charge in [0.25, 0.3) is 5.76 Å². The average molecular weight is 264 g/mol. The van der Waals surface area contributed by atoms with Gasteiger partial charge in [-0.25, -0.2) is 4.79 Å². The Bertz CT molecular complexity index is 547. The van der Waals surface area contributed by atoms with Crippen molar-refractivity contribution in [3.05, 3.63) is 23.0 Å². The molecule has 0 bridgehead atoms. The van der Waals surface area contributed by atoms with Crippen LogP contribution in [0.1, 0.15) is 16.1 Å². The molecule has 0 saturated heterocycles. The van der Waals surface area contributed by atoms with E-state index in [4.69, 9.17) is 5.11 Å². The number of rotatable bonds is 2. The Morgan fingerprint density at radius 1 is 1.47 bits per heavy atom. The van der Waals surface area contributed by atoms with Crippen molar-refractivity contribution in [2.45, 2.75) is 6.18 Å². The van der Waals surface area contributed by atoms with Crippen molar-refractivity contribution in [2.75, 3.05) is 0 Å². The normalized spacial score (nSPS) is 11.7. The van der Waals surface area contributed by atoms with Crippen LogP contribution in [0.4, 0.5) is 13.2 Å². The summed E-state index contributed by atoms with van der Waals surface area (Å²) in [6.07, 6.45) is -3.68. The minimum absolute atomic E-state index is 0.196. The maximum absolute atomic E-state index is 12.5. The van der Waals surface area contributed by atoms with Gasteiger partial charge in [0.15, 0.2) is 0 Å². The SMILES string of the molecule is O=C(O)c1c(-c2cncs2)noc1C(F)(F)F. The lowest BCUT2D eigenvalue weighted by molar-refractivity contribution is -0.156. The Morgan fingerprint density at radius 3 is 2.65 bits per heavy atom. The molecular weight excluding hydrogens is 261 g/mol. The highest BCUT2D eigenvalue weighted by molar-refractivity contribution is 7.13. The van der Waals surface area contributed by atoms with Crippen LogP contribution in [0.2, 0.25) is 0 Å². The Labute approximate surface area is 95.5 Å². The molecule has 0 spiro atoms. The predicted octanol–water partition coefficient (Wildman–Crippen LogP) is 2.52. The maximum atomic E-state index is 12.5. The summed E-state index contributed by atoms with van der Waals surface area (Å²) in [7, 11) is 0. The summed E-state index contributed by atoms with van der Waals surface area (Å²) in [6.45, 7) is 0. The van der Waals surface area contributed by atoms with Gasteiger partial charge >= 0.3 is 12.1 Å². The van der Waals surface area contributed by atoms with Gasteiger partial charge in [-0.15, -0.1) is 11.3 Å². The fourth-order valence-electron chi connectivity index (χ4n) is 1.18. The van der Waals surface area contributed by atoms with Crippen LogP contribution in [-0.2, 0) is 6.18 Å². The molecule has 17 heavy (non-hydrogen) atoms. The molecule has 0 amide bonds. The summed E-state index contributed by atoms with van der Waals surface area (Å²) >= 11 is 0.967. The molecule has 5 nitrogen and oxygen atoms in total. The van der Waals surface area contributed by atoms with E-state index in [9.17, 15) is 18.0 Å². The third-order valence-corrected chi connectivity index (χ3v) is 2.61. The van der Waals surface area contributed by atoms with Gasteiger partial charge in [-0.05, 0) is 0 Å². The molecule has 0 aliphatic heterocycles. The van der Waals surface area contributed by atoms with Gasteiger partial charge in [0.1, 0.15) is 11.3 Å². The molecule has 2 aromatic heterocycles. The number of nitrogens with zero attached hydrogens (tertiary/aromatic N) is 2. The van der Waals surface area contributed by atoms with Crippen LogP contribution in [0.5, 0.6) is 0 Å². The molecule has 90 valence electrons. The molecule has 0 aliphatic carbocycles. The molecule has 0 radical (unpaired) electrons. The molecule has 9 heteroatoms. The van der Waals surface area contributed by atoms with Crippen LogP contribution in [0.3, 0.4) is 0 Å². The van der Waals surface area contributed by atoms with Crippen LogP contribution in [0, 0.1) is 0 Å². The standard InChI is InChI=1S/C8H3F3N2O3S/c9-8(10,11)6-4(7(14)15)5(13-16-6)3-1-12-2-17-3/h1-2H,(H,14,15). The Balaban J connectivity index is 2.64. The first-order valence-corrected chi connectivity index (χ1v) is 4.98. The summed E-state index contributed by atoms with van der Waals surface area (Å²) in [5.41, 5.74) is -0.0165. The number of aromatic carboxylic acids is 1. The van der Waals surface area contributed by atoms with Crippen molar-refractivity contribution < 1.29 is 27.6 Å². The highest BCUT2D eigenvalue weighted by atomic mass is 32.1. The van der Waals surface area contributed by atoms with Crippen LogP contribution < -0.4 is 0 Å². The van der Waals surface area contributed by atoms with E-state index in [1.54, 1.807) is 0 Å². The molecule has 2 heterocycles. The zero-order valence-electron chi connectivity index (χ0n) is 7.85. The molecule has 0 aliphatic rings. The lowest BCUT2D eigenvalue weighted by atomic mass is 10.1. The first kappa shape index (κ1) is 11.6. The van der Waals surface area contributed by atoms with Gasteiger partial charge in [-0.2, -0.15) is 13.2 Å². The number of thiazole rings is 1. The summed E-state index contributed by atoms with van der Waals surface area (Å²) < 4.78 is 41.4. The van der Waals surface area contributed by atoms with E-state index in [2.05, 4.69) is 14.7 Å². The number of hydrogen-bond acceptors (Lipinski definition) is 5. The van der Waals surface area contributed by atoms with Crippen LogP contribution in [-0.4, -0.2) is 21.2 Å². The summed E-state index contributed by atoms with van der Waals surface area (Å²) in [4.78, 5) is 14.7. The van der Waals surface area contributed by atoms with E-state index in [0.717, 1.165) is 11.3 Å². The Kier molecular flexibility index (Phi) is 2.62. The van der Waals surface area contributed by atoms with Gasteiger partial charge in [0, 0.05) is 6.20 Å². The van der Waals surface area contributed by atoms with E-state index in [-0.39, 0.29) is 10.6 Å². The first-order valence-electron chi connectivity index (χ1n) is 4.10. The fraction of sp³-hybridized carbons (Fsp3) is 0.125. The lowest BCUT2D eigenvalue weighted by Crippen LogP contribution is -2.10. The van der Waals surface area contributed by atoms with Crippen molar-refractivity contribution in [1.82, 2.24) is 10.1 Å². The highest BCUT2D eigenvalue weighted by Gasteiger charge is 2.43. The molecule has 0 saturated carbocycles. The van der Waals surface area contributed by atoms with Gasteiger partial charge in [-0.3, -0.25) is 4.98 Å². The molecule has 1 N–H and O–H groups in total. The lowest BCUT2D eigenvalue weighted by Gasteiger charge is -2.01. The zero-order valence-corrected chi connectivity index (χ0v) is 8.67. The molecule has 0 aromatic carbocycles. The topological polar surface area (TPSA) is 76.2 Å². The molecule has 0 unspecified atom stereocenters. The number of carboxylic acid groups (broad SMARTS) is 1. The van der Waals surface area contributed by atoms with Crippen molar-refractivity contribution >= 4 is 17.3 Å². The van der Waals surface area contributed by atoms with Crippen LogP contribution in [0.15, 0.2) is 16.2 Å². The van der Waals surface area contributed by atoms with Crippen molar-refractivity contribution in [3.8, 4) is 10.6 Å². The number of carbonyl (C=O) groups is 1. The highest BCUT2D eigenvalue weighted by Crippen LogP contribution is 2.37. The van der Waals surface area contributed by atoms with Crippen molar-refractivity contribution in [2.24, 2.45) is 0 Å². The van der Waals surface area contributed by atoms with E-state index in [0.29, 0.717) is 0 Å². The first-order chi connectivity index (χ1) is 7.91. The van der Waals surface area contributed by atoms with Gasteiger partial charge in [0.05, 0.1) is 10.4 Å². The molecular formula is C8H3F3N2O3S. The number of aromatic nitrogens is 2. The van der Waals surface area contributed by atoms with Crippen molar-refractivity contribution in [1.29, 1.82) is 0 Å². The second-order valence-corrected chi connectivity index (χ2v) is 3.79. The monoisotopic (exact) mass is 264 g/mol. The second kappa shape index (κ2) is 3.84. The number of carboxylic acids is 1. The largest absolute Gasteiger partial charge is 0.477 e. The maximum Gasteiger partial charge on any atom is 0.453 e. The van der Waals surface area contributed by atoms with Crippen molar-refractivity contribution in [3.63, 3.8) is 0 Å². The van der Waals surface area contributed by atoms with Gasteiger partial charge in [0.2, 0.25) is 0 Å². The minimum atomic E-state index is -4.90. The number of hydrogen-bond donors (Lipinski definition) is 1. The fourth-order valence-corrected chi connectivity index (χ4v) is 1.79. The average Bonchev–Trinajstić information content (AvgIpc) is 2.84. The third-order valence-electron chi connectivity index (χ3n) is 1.83. The van der Waals surface area contributed by atoms with E-state index in [1.165, 1.54) is 11.7 Å². The summed E-state index contributed by atoms with van der Waals surface area (Å²) in [5, 5.41) is 11.9. The quantitative estimate of drug-likeness (QED) is 0.901. The van der Waals surface area contributed by atoms with Crippen LogP contribution >= 0.6 is 11.3 Å². The van der Waals surface area contributed by atoms with Crippen LogP contribution in [0.25, 0.3) is 10.6 Å². The predicted molar refractivity (Wildman–Crippen MR) is 49.6 cm³/mol. The molecule has 0 atom stereocenters. The summed E-state index contributed by atoms with van der Waals surface area (Å²) in [6, 6.07) is 0. The van der Waals surface area contributed by atoms with E-state index >= 15 is 0 Å². The molecule has 0 fully saturated rings. The minimum Gasteiger partial charge on any atom is -0.477 e. The van der Waals surface area contributed by atoms with E-state index < -0.39 is 23.5 Å². The Hall–Kier alpha value is -1.90. The molecule has 2 rings (SSSR count). The number of alkyl halides is 3. The summed E-state index contributed by atoms with van der Waals surface area (Å²) in [5.74, 6) is -3.37. The smallest absolute Gasteiger partial charge is 0.453 e. The Morgan fingerprint density at radius 2 is 2.18 bits per heavy atom. The van der Waals surface area contributed by atoms with Gasteiger partial charge < -0.3 is 9.63 Å². The van der Waals surface area contributed by atoms with Gasteiger partial charge in [-0.1, -0.05) is 5.16 Å². The molecule has 2 aromatic rings. The third kappa shape index (κ3) is 2.00. The number of halogens is 3. The second-order valence-electron chi connectivity index (χ2n) is 2.90.